The molecule has 12 nitrogen and oxygen atoms in total. The highest BCUT2D eigenvalue weighted by atomic mass is 16.4. The van der Waals surface area contributed by atoms with Gasteiger partial charge in [-0.1, -0.05) is 32.0 Å². The monoisotopic (exact) mass is 514 g/mol. The number of aromatic amines is 1. The molecule has 4 amide bonds. The summed E-state index contributed by atoms with van der Waals surface area (Å²) in [6.45, 7) is 3.69. The van der Waals surface area contributed by atoms with Crippen LogP contribution in [0.15, 0.2) is 30.5 Å². The fraction of sp³-hybridized carbons (Fsp3) is 0.480. The third kappa shape index (κ3) is 6.64. The lowest BCUT2D eigenvalue weighted by Gasteiger charge is -2.30. The Morgan fingerprint density at radius 2 is 1.84 bits per heavy atom. The van der Waals surface area contributed by atoms with Crippen molar-refractivity contribution in [3.8, 4) is 0 Å². The van der Waals surface area contributed by atoms with Crippen LogP contribution in [0.2, 0.25) is 0 Å². The van der Waals surface area contributed by atoms with E-state index in [1.807, 2.05) is 24.3 Å². The van der Waals surface area contributed by atoms with Crippen LogP contribution in [0.3, 0.4) is 0 Å². The average Bonchev–Trinajstić information content (AvgIpc) is 3.48. The van der Waals surface area contributed by atoms with E-state index in [2.05, 4.69) is 15.6 Å². The Labute approximate surface area is 214 Å². The van der Waals surface area contributed by atoms with Gasteiger partial charge in [-0.15, -0.1) is 0 Å². The Morgan fingerprint density at radius 3 is 2.49 bits per heavy atom. The van der Waals surface area contributed by atoms with E-state index < -0.39 is 53.8 Å². The second-order valence-corrected chi connectivity index (χ2v) is 9.66. The Balaban J connectivity index is 1.86. The zero-order chi connectivity index (χ0) is 27.3. The van der Waals surface area contributed by atoms with Crippen molar-refractivity contribution >= 4 is 40.5 Å². The Kier molecular flexibility index (Phi) is 8.87. The smallest absolute Gasteiger partial charge is 0.326 e. The molecule has 1 saturated heterocycles. The van der Waals surface area contributed by atoms with Gasteiger partial charge in [-0.05, 0) is 30.4 Å². The van der Waals surface area contributed by atoms with E-state index in [4.69, 9.17) is 11.5 Å². The average molecular weight is 515 g/mol. The highest BCUT2D eigenvalue weighted by Crippen LogP contribution is 2.23. The van der Waals surface area contributed by atoms with E-state index in [1.165, 1.54) is 4.90 Å². The van der Waals surface area contributed by atoms with Gasteiger partial charge in [0.15, 0.2) is 0 Å². The Hall–Kier alpha value is -3.93. The van der Waals surface area contributed by atoms with Crippen molar-refractivity contribution in [2.45, 2.75) is 63.7 Å². The molecule has 0 bridgehead atoms. The number of primary amides is 1. The maximum absolute atomic E-state index is 13.6. The first kappa shape index (κ1) is 27.7. The summed E-state index contributed by atoms with van der Waals surface area (Å²) in [4.78, 5) is 66.7. The third-order valence-electron chi connectivity index (χ3n) is 6.54. The molecule has 1 aliphatic rings. The van der Waals surface area contributed by atoms with Crippen LogP contribution < -0.4 is 22.1 Å². The van der Waals surface area contributed by atoms with Crippen LogP contribution in [0.25, 0.3) is 10.9 Å². The third-order valence-corrected chi connectivity index (χ3v) is 6.54. The van der Waals surface area contributed by atoms with Crippen molar-refractivity contribution in [3.63, 3.8) is 0 Å². The molecule has 2 aromatic rings. The van der Waals surface area contributed by atoms with E-state index in [9.17, 15) is 29.1 Å². The van der Waals surface area contributed by atoms with E-state index in [0.717, 1.165) is 16.5 Å². The minimum Gasteiger partial charge on any atom is -0.480 e. The lowest BCUT2D eigenvalue weighted by atomic mass is 9.99. The molecule has 3 rings (SSSR count). The second-order valence-electron chi connectivity index (χ2n) is 9.66. The van der Waals surface area contributed by atoms with Crippen LogP contribution in [0, 0.1) is 5.92 Å². The van der Waals surface area contributed by atoms with Crippen molar-refractivity contribution in [1.82, 2.24) is 20.5 Å². The van der Waals surface area contributed by atoms with Crippen LogP contribution in [-0.4, -0.2) is 75.3 Å². The van der Waals surface area contributed by atoms with Crippen LogP contribution >= 0.6 is 0 Å². The fourth-order valence-corrected chi connectivity index (χ4v) is 4.57. The number of carboxylic acid groups (broad SMARTS) is 1. The summed E-state index contributed by atoms with van der Waals surface area (Å²) >= 11 is 0. The molecule has 12 heteroatoms. The van der Waals surface area contributed by atoms with Gasteiger partial charge in [0.2, 0.25) is 23.6 Å². The minimum atomic E-state index is -1.23. The zero-order valence-electron chi connectivity index (χ0n) is 20.9. The van der Waals surface area contributed by atoms with E-state index >= 15 is 0 Å². The predicted molar refractivity (Wildman–Crippen MR) is 135 cm³/mol. The number of benzene rings is 1. The molecule has 1 aromatic carbocycles. The molecule has 0 aliphatic carbocycles. The summed E-state index contributed by atoms with van der Waals surface area (Å²) < 4.78 is 0. The van der Waals surface area contributed by atoms with Crippen LogP contribution in [0.4, 0.5) is 0 Å². The first-order chi connectivity index (χ1) is 17.5. The number of carbonyl (C=O) groups is 5. The summed E-state index contributed by atoms with van der Waals surface area (Å²) in [7, 11) is 0. The summed E-state index contributed by atoms with van der Waals surface area (Å²) in [6, 6.07) is 3.16. The predicted octanol–water partition coefficient (Wildman–Crippen LogP) is -0.386. The first-order valence-corrected chi connectivity index (χ1v) is 12.2. The molecule has 1 fully saturated rings. The molecule has 1 aromatic heterocycles. The number of carbonyl (C=O) groups excluding carboxylic acids is 4. The largest absolute Gasteiger partial charge is 0.480 e. The maximum Gasteiger partial charge on any atom is 0.326 e. The van der Waals surface area contributed by atoms with Crippen molar-refractivity contribution in [2.24, 2.45) is 17.4 Å². The molecular weight excluding hydrogens is 480 g/mol. The minimum absolute atomic E-state index is 0.109. The summed E-state index contributed by atoms with van der Waals surface area (Å²) in [6.07, 6.45) is 2.35. The van der Waals surface area contributed by atoms with Gasteiger partial charge >= 0.3 is 5.97 Å². The number of nitrogens with one attached hydrogen (secondary N) is 3. The Morgan fingerprint density at radius 1 is 1.14 bits per heavy atom. The molecule has 1 aliphatic heterocycles. The maximum atomic E-state index is 13.6. The Bertz CT molecular complexity index is 1180. The van der Waals surface area contributed by atoms with Gasteiger partial charge in [0.05, 0.1) is 12.5 Å². The number of carboxylic acids is 1. The van der Waals surface area contributed by atoms with Crippen LogP contribution in [0.5, 0.6) is 0 Å². The van der Waals surface area contributed by atoms with E-state index in [-0.39, 0.29) is 25.3 Å². The summed E-state index contributed by atoms with van der Waals surface area (Å²) in [5.41, 5.74) is 12.5. The van der Waals surface area contributed by atoms with Gasteiger partial charge in [0, 0.05) is 30.1 Å². The first-order valence-electron chi connectivity index (χ1n) is 12.2. The van der Waals surface area contributed by atoms with Crippen LogP contribution in [-0.2, 0) is 30.4 Å². The number of fused-ring (bicyclic) bond motifs is 1. The van der Waals surface area contributed by atoms with Crippen molar-refractivity contribution in [1.29, 1.82) is 0 Å². The van der Waals surface area contributed by atoms with Crippen LogP contribution in [0.1, 0.15) is 38.7 Å². The molecule has 200 valence electrons. The number of nitrogens with zero attached hydrogens (tertiary/aromatic N) is 1. The number of H-pyrrole nitrogens is 1. The molecular formula is C25H34N6O6. The topological polar surface area (TPSA) is 201 Å². The number of hydrogen-bond acceptors (Lipinski definition) is 6. The van der Waals surface area contributed by atoms with Gasteiger partial charge in [-0.25, -0.2) is 4.79 Å². The number of hydrogen-bond donors (Lipinski definition) is 6. The fourth-order valence-electron chi connectivity index (χ4n) is 4.57. The molecule has 4 unspecified atom stereocenters. The number of aromatic nitrogens is 1. The summed E-state index contributed by atoms with van der Waals surface area (Å²) in [5, 5.41) is 15.7. The number of likely N-dealkylation sites (tertiary alicyclic amines) is 1. The number of amides is 4. The molecule has 0 spiro atoms. The van der Waals surface area contributed by atoms with Crippen molar-refractivity contribution < 1.29 is 29.1 Å². The summed E-state index contributed by atoms with van der Waals surface area (Å²) in [5.74, 6) is -4.10. The molecule has 37 heavy (non-hydrogen) atoms. The number of nitrogens with two attached hydrogens (primary N) is 2. The van der Waals surface area contributed by atoms with Gasteiger partial charge in [-0.3, -0.25) is 19.2 Å². The number of aliphatic carboxylic acids is 1. The second kappa shape index (κ2) is 11.9. The van der Waals surface area contributed by atoms with Gasteiger partial charge < -0.3 is 37.1 Å². The molecule has 8 N–H and O–H groups in total. The normalized spacial score (nSPS) is 17.8. The zero-order valence-corrected chi connectivity index (χ0v) is 20.9. The molecule has 0 saturated carbocycles. The van der Waals surface area contributed by atoms with Gasteiger partial charge in [-0.2, -0.15) is 0 Å². The quantitative estimate of drug-likeness (QED) is 0.234. The SMILES string of the molecule is CC(C)C(NC(=O)C(N)CC(N)=O)C(=O)NC(Cc1c[nH]c2ccccc12)C(=O)N1CCCC1C(=O)O. The number of rotatable bonds is 11. The van der Waals surface area contributed by atoms with Crippen molar-refractivity contribution in [2.75, 3.05) is 6.54 Å². The van der Waals surface area contributed by atoms with Gasteiger partial charge in [0.1, 0.15) is 18.1 Å². The standard InChI is InChI=1S/C25H34N6O6/c1-13(2)21(30-22(33)16(26)11-20(27)32)23(34)29-18(24(35)31-9-5-8-19(31)25(36)37)10-14-12-28-17-7-4-3-6-15(14)17/h3-4,6-7,12-13,16,18-19,21,28H,5,8-11,26H2,1-2H3,(H2,27,32)(H,29,34)(H,30,33)(H,36,37). The lowest BCUT2D eigenvalue weighted by molar-refractivity contribution is -0.149. The highest BCUT2D eigenvalue weighted by Gasteiger charge is 2.39. The molecule has 0 radical (unpaired) electrons. The van der Waals surface area contributed by atoms with E-state index in [0.29, 0.717) is 12.8 Å². The van der Waals surface area contributed by atoms with Gasteiger partial charge in [0.25, 0.3) is 0 Å². The van der Waals surface area contributed by atoms with E-state index in [1.54, 1.807) is 20.0 Å². The molecule has 4 atom stereocenters. The molecule has 2 heterocycles. The number of para-hydroxylation sites is 1. The lowest BCUT2D eigenvalue weighted by Crippen LogP contribution is -2.59. The van der Waals surface area contributed by atoms with Crippen molar-refractivity contribution in [3.05, 3.63) is 36.0 Å². The highest BCUT2D eigenvalue weighted by molar-refractivity contribution is 5.96.